The normalized spacial score (nSPS) is 14.5. The van der Waals surface area contributed by atoms with Crippen LogP contribution in [-0.2, 0) is 6.54 Å². The number of hydrogen-bond acceptors (Lipinski definition) is 10. The Balaban J connectivity index is 1.45. The highest BCUT2D eigenvalue weighted by molar-refractivity contribution is 6.03. The van der Waals surface area contributed by atoms with Crippen molar-refractivity contribution in [1.29, 1.82) is 0 Å². The summed E-state index contributed by atoms with van der Waals surface area (Å²) in [5.74, 6) is 0.213. The lowest BCUT2D eigenvalue weighted by Gasteiger charge is -2.25. The summed E-state index contributed by atoms with van der Waals surface area (Å²) in [6, 6.07) is 11.7. The minimum absolute atomic E-state index is 0.00235. The van der Waals surface area contributed by atoms with Crippen LogP contribution < -0.4 is 15.9 Å². The van der Waals surface area contributed by atoms with Gasteiger partial charge in [-0.05, 0) is 53.1 Å². The van der Waals surface area contributed by atoms with Gasteiger partial charge in [0.05, 0.1) is 13.3 Å². The number of methoxy groups -OCH3 is 1. The number of piperidine rings is 1. The van der Waals surface area contributed by atoms with Crippen LogP contribution in [0.4, 0.5) is 5.82 Å². The van der Waals surface area contributed by atoms with Crippen molar-refractivity contribution in [2.75, 3.05) is 25.9 Å². The number of carbonyl (C=O) groups is 1. The molecular formula is C23H25N9O3. The lowest BCUT2D eigenvalue weighted by atomic mass is 10.0. The Labute approximate surface area is 200 Å². The van der Waals surface area contributed by atoms with Crippen LogP contribution in [0.5, 0.6) is 5.75 Å². The maximum atomic E-state index is 13.3. The number of nitrogens with zero attached hydrogens (tertiary/aromatic N) is 7. The number of amides is 1. The Bertz CT molecular complexity index is 1370. The number of nitrogen functional groups attached to an aromatic ring is 1. The van der Waals surface area contributed by atoms with Crippen LogP contribution in [0.3, 0.4) is 0 Å². The summed E-state index contributed by atoms with van der Waals surface area (Å²) in [7, 11) is 1.59. The van der Waals surface area contributed by atoms with Gasteiger partial charge < -0.3 is 10.5 Å². The highest BCUT2D eigenvalue weighted by Crippen LogP contribution is 2.26. The third-order valence-corrected chi connectivity index (χ3v) is 5.98. The topological polar surface area (TPSA) is 150 Å². The zero-order valence-electron chi connectivity index (χ0n) is 19.2. The average Bonchev–Trinajstić information content (AvgIpc) is 3.50. The minimum Gasteiger partial charge on any atom is -0.496 e. The molecule has 180 valence electrons. The Hall–Kier alpha value is -4.32. The molecule has 1 amide bonds. The fourth-order valence-electron chi connectivity index (χ4n) is 4.26. The summed E-state index contributed by atoms with van der Waals surface area (Å²) in [6.45, 7) is 2.33. The Morgan fingerprint density at radius 2 is 2.03 bits per heavy atom. The predicted molar refractivity (Wildman–Crippen MR) is 128 cm³/mol. The third kappa shape index (κ3) is 4.55. The van der Waals surface area contributed by atoms with E-state index in [-0.39, 0.29) is 17.3 Å². The van der Waals surface area contributed by atoms with Crippen molar-refractivity contribution in [3.05, 3.63) is 53.3 Å². The lowest BCUT2D eigenvalue weighted by Crippen LogP contribution is -2.31. The van der Waals surface area contributed by atoms with Gasteiger partial charge in [-0.15, -0.1) is 5.10 Å². The Kier molecular flexibility index (Phi) is 6.35. The van der Waals surface area contributed by atoms with E-state index in [1.807, 2.05) is 36.4 Å². The minimum atomic E-state index is -0.514. The van der Waals surface area contributed by atoms with Crippen molar-refractivity contribution in [2.24, 2.45) is 5.10 Å². The average molecular weight is 476 g/mol. The van der Waals surface area contributed by atoms with Gasteiger partial charge in [-0.1, -0.05) is 42.0 Å². The number of nitrogens with two attached hydrogens (primary N) is 1. The molecule has 1 aliphatic rings. The SMILES string of the molecule is COc1ccc2ccccc2c1/C=N/NC(=O)c1c(CN2CCCCC2)nnn1-c1nonc1N. The van der Waals surface area contributed by atoms with Gasteiger partial charge in [0.2, 0.25) is 11.6 Å². The number of benzene rings is 2. The van der Waals surface area contributed by atoms with E-state index >= 15 is 0 Å². The number of hydrogen-bond donors (Lipinski definition) is 2. The molecule has 0 bridgehead atoms. The number of fused-ring (bicyclic) bond motifs is 1. The van der Waals surface area contributed by atoms with Crippen LogP contribution in [0.15, 0.2) is 46.1 Å². The quantitative estimate of drug-likeness (QED) is 0.303. The van der Waals surface area contributed by atoms with E-state index in [4.69, 9.17) is 15.1 Å². The summed E-state index contributed by atoms with van der Waals surface area (Å²) >= 11 is 0. The number of nitrogens with one attached hydrogen (secondary N) is 1. The van der Waals surface area contributed by atoms with Crippen molar-refractivity contribution in [3.63, 3.8) is 0 Å². The molecule has 1 saturated heterocycles. The molecule has 0 radical (unpaired) electrons. The number of rotatable bonds is 7. The number of hydrazone groups is 1. The van der Waals surface area contributed by atoms with Crippen LogP contribution in [-0.4, -0.2) is 62.5 Å². The monoisotopic (exact) mass is 475 g/mol. The third-order valence-electron chi connectivity index (χ3n) is 5.98. The fraction of sp³-hybridized carbons (Fsp3) is 0.304. The highest BCUT2D eigenvalue weighted by Gasteiger charge is 2.26. The molecule has 0 saturated carbocycles. The summed E-state index contributed by atoms with van der Waals surface area (Å²) in [5, 5.41) is 21.9. The zero-order chi connectivity index (χ0) is 24.2. The first-order chi connectivity index (χ1) is 17.2. The summed E-state index contributed by atoms with van der Waals surface area (Å²) in [5.41, 5.74) is 9.84. The first-order valence-electron chi connectivity index (χ1n) is 11.3. The van der Waals surface area contributed by atoms with E-state index in [1.54, 1.807) is 13.3 Å². The predicted octanol–water partition coefficient (Wildman–Crippen LogP) is 2.14. The molecule has 5 rings (SSSR count). The van der Waals surface area contributed by atoms with Gasteiger partial charge in [-0.25, -0.2) is 10.1 Å². The van der Waals surface area contributed by atoms with Crippen LogP contribution >= 0.6 is 0 Å². The Morgan fingerprint density at radius 1 is 1.20 bits per heavy atom. The van der Waals surface area contributed by atoms with E-state index in [9.17, 15) is 4.79 Å². The molecule has 12 heteroatoms. The van der Waals surface area contributed by atoms with E-state index in [0.717, 1.165) is 42.3 Å². The van der Waals surface area contributed by atoms with Gasteiger partial charge in [-0.3, -0.25) is 9.69 Å². The van der Waals surface area contributed by atoms with Crippen molar-refractivity contribution >= 4 is 28.7 Å². The van der Waals surface area contributed by atoms with Gasteiger partial charge in [0.1, 0.15) is 11.4 Å². The number of likely N-dealkylation sites (tertiary alicyclic amines) is 1. The molecule has 1 aliphatic heterocycles. The van der Waals surface area contributed by atoms with Gasteiger partial charge in [0.25, 0.3) is 5.91 Å². The highest BCUT2D eigenvalue weighted by atomic mass is 16.6. The molecule has 0 aliphatic carbocycles. The van der Waals surface area contributed by atoms with Crippen molar-refractivity contribution < 1.29 is 14.2 Å². The molecule has 2 aromatic carbocycles. The second-order valence-electron chi connectivity index (χ2n) is 8.21. The van der Waals surface area contributed by atoms with Crippen LogP contribution in [0, 0.1) is 0 Å². The summed E-state index contributed by atoms with van der Waals surface area (Å²) in [4.78, 5) is 15.5. The van der Waals surface area contributed by atoms with Gasteiger partial charge >= 0.3 is 0 Å². The molecule has 4 aromatic rings. The van der Waals surface area contributed by atoms with Crippen LogP contribution in [0.2, 0.25) is 0 Å². The second kappa shape index (κ2) is 9.89. The molecule has 12 nitrogen and oxygen atoms in total. The number of ether oxygens (including phenoxy) is 1. The fourth-order valence-corrected chi connectivity index (χ4v) is 4.26. The second-order valence-corrected chi connectivity index (χ2v) is 8.21. The number of aromatic nitrogens is 5. The Morgan fingerprint density at radius 3 is 2.80 bits per heavy atom. The molecule has 3 heterocycles. The van der Waals surface area contributed by atoms with Crippen LogP contribution in [0.25, 0.3) is 16.6 Å². The van der Waals surface area contributed by atoms with E-state index in [1.165, 1.54) is 11.1 Å². The van der Waals surface area contributed by atoms with Gasteiger partial charge in [-0.2, -0.15) is 9.78 Å². The molecular weight excluding hydrogens is 450 g/mol. The molecule has 35 heavy (non-hydrogen) atoms. The number of carbonyl (C=O) groups excluding carboxylic acids is 1. The lowest BCUT2D eigenvalue weighted by molar-refractivity contribution is 0.0944. The van der Waals surface area contributed by atoms with Crippen LogP contribution in [0.1, 0.15) is 41.0 Å². The maximum absolute atomic E-state index is 13.3. The van der Waals surface area contributed by atoms with Crippen molar-refractivity contribution in [3.8, 4) is 11.6 Å². The van der Waals surface area contributed by atoms with E-state index in [0.29, 0.717) is 18.0 Å². The summed E-state index contributed by atoms with van der Waals surface area (Å²) in [6.07, 6.45) is 4.97. The standard InChI is InChI=1S/C23H25N9O3/c1-34-19-10-9-15-7-3-4-8-16(15)17(19)13-25-27-23(33)20-18(14-31-11-5-2-6-12-31)26-30-32(20)22-21(24)28-35-29-22/h3-4,7-10,13H,2,5-6,11-12,14H2,1H3,(H2,24,28)(H,27,33)/b25-13+. The molecule has 0 unspecified atom stereocenters. The maximum Gasteiger partial charge on any atom is 0.292 e. The van der Waals surface area contributed by atoms with Crippen molar-refractivity contribution in [2.45, 2.75) is 25.8 Å². The zero-order valence-corrected chi connectivity index (χ0v) is 19.2. The van der Waals surface area contributed by atoms with E-state index in [2.05, 4.69) is 36.1 Å². The molecule has 3 N–H and O–H groups in total. The smallest absolute Gasteiger partial charge is 0.292 e. The first kappa shape index (κ1) is 22.5. The number of anilines is 1. The van der Waals surface area contributed by atoms with Crippen molar-refractivity contribution in [1.82, 2.24) is 35.6 Å². The molecule has 2 aromatic heterocycles. The molecule has 1 fully saturated rings. The van der Waals surface area contributed by atoms with Gasteiger partial charge in [0.15, 0.2) is 5.69 Å². The van der Waals surface area contributed by atoms with Gasteiger partial charge in [0, 0.05) is 12.1 Å². The molecule has 0 atom stereocenters. The largest absolute Gasteiger partial charge is 0.496 e. The van der Waals surface area contributed by atoms with E-state index < -0.39 is 5.91 Å². The summed E-state index contributed by atoms with van der Waals surface area (Å²) < 4.78 is 11.4. The molecule has 0 spiro atoms. The first-order valence-corrected chi connectivity index (χ1v) is 11.3.